The predicted molar refractivity (Wildman–Crippen MR) is 76.8 cm³/mol. The molecule has 0 aliphatic heterocycles. The van der Waals surface area contributed by atoms with Crippen LogP contribution >= 0.6 is 0 Å². The van der Waals surface area contributed by atoms with Gasteiger partial charge in [-0.25, -0.2) is 4.59 Å². The van der Waals surface area contributed by atoms with Gasteiger partial charge in [0, 0.05) is 5.57 Å². The first kappa shape index (κ1) is 21.3. The number of quaternary nitrogens is 1. The fourth-order valence-corrected chi connectivity index (χ4v) is 2.40. The third-order valence-corrected chi connectivity index (χ3v) is 3.60. The van der Waals surface area contributed by atoms with Crippen molar-refractivity contribution in [2.24, 2.45) is 0 Å². The molecule has 0 heterocycles. The molecular formula is C12H26N2O5S. The maximum atomic E-state index is 12.1. The fourth-order valence-electron chi connectivity index (χ4n) is 1.90. The lowest BCUT2D eigenvalue weighted by molar-refractivity contribution is -0.990. The minimum Gasteiger partial charge on any atom is -0.870 e. The van der Waals surface area contributed by atoms with Crippen molar-refractivity contribution in [3.8, 4) is 0 Å². The van der Waals surface area contributed by atoms with Gasteiger partial charge >= 0.3 is 0 Å². The van der Waals surface area contributed by atoms with E-state index in [4.69, 9.17) is 4.55 Å². The van der Waals surface area contributed by atoms with Crippen LogP contribution in [0.5, 0.6) is 0 Å². The Balaban J connectivity index is 0. The number of carbonyl (C=O) groups excluding carboxylic acids is 1. The molecule has 120 valence electrons. The van der Waals surface area contributed by atoms with Crippen molar-refractivity contribution in [3.63, 3.8) is 0 Å². The molecule has 7 nitrogen and oxygen atoms in total. The van der Waals surface area contributed by atoms with Crippen LogP contribution in [0, 0.1) is 0 Å². The molecule has 0 spiro atoms. The van der Waals surface area contributed by atoms with Gasteiger partial charge in [-0.3, -0.25) is 9.35 Å². The summed E-state index contributed by atoms with van der Waals surface area (Å²) in [5.74, 6) is -0.548. The van der Waals surface area contributed by atoms with E-state index < -0.39 is 10.1 Å². The Labute approximate surface area is 121 Å². The second kappa shape index (κ2) is 8.35. The highest BCUT2D eigenvalue weighted by Crippen LogP contribution is 2.12. The monoisotopic (exact) mass is 310 g/mol. The summed E-state index contributed by atoms with van der Waals surface area (Å²) >= 11 is 0. The SMILES string of the molecule is C=C(C)C(=O)N(CCCS(=O)(=O)O)[N+](C)(C)CCC.[OH-]. The number of hydrogen-bond donors (Lipinski definition) is 1. The summed E-state index contributed by atoms with van der Waals surface area (Å²) in [6.45, 7) is 8.30. The van der Waals surface area contributed by atoms with Crippen molar-refractivity contribution in [3.05, 3.63) is 12.2 Å². The lowest BCUT2D eigenvalue weighted by atomic mass is 10.3. The molecule has 0 saturated heterocycles. The molecule has 20 heavy (non-hydrogen) atoms. The molecule has 0 aromatic heterocycles. The molecule has 0 fully saturated rings. The topological polar surface area (TPSA) is 105 Å². The van der Waals surface area contributed by atoms with Gasteiger partial charge < -0.3 is 5.48 Å². The van der Waals surface area contributed by atoms with Crippen LogP contribution in [-0.2, 0) is 14.9 Å². The highest BCUT2D eigenvalue weighted by Gasteiger charge is 2.30. The number of nitrogens with zero attached hydrogens (tertiary/aromatic N) is 2. The summed E-state index contributed by atoms with van der Waals surface area (Å²) in [6, 6.07) is 0. The molecule has 0 radical (unpaired) electrons. The molecule has 2 N–H and O–H groups in total. The second-order valence-electron chi connectivity index (χ2n) is 5.19. The zero-order valence-electron chi connectivity index (χ0n) is 12.7. The van der Waals surface area contributed by atoms with Crippen LogP contribution < -0.4 is 0 Å². The van der Waals surface area contributed by atoms with Crippen molar-refractivity contribution in [2.45, 2.75) is 26.7 Å². The average Bonchev–Trinajstić information content (AvgIpc) is 2.21. The van der Waals surface area contributed by atoms with E-state index in [1.54, 1.807) is 11.9 Å². The van der Waals surface area contributed by atoms with E-state index in [-0.39, 0.29) is 30.1 Å². The largest absolute Gasteiger partial charge is 0.870 e. The molecule has 0 aliphatic rings. The number of hydrogen-bond acceptors (Lipinski definition) is 4. The third kappa shape index (κ3) is 7.59. The summed E-state index contributed by atoms with van der Waals surface area (Å²) in [7, 11) is -0.217. The van der Waals surface area contributed by atoms with E-state index in [1.165, 1.54) is 0 Å². The van der Waals surface area contributed by atoms with Crippen LogP contribution in [-0.4, -0.2) is 66.9 Å². The summed E-state index contributed by atoms with van der Waals surface area (Å²) in [4.78, 5) is 12.1. The van der Waals surface area contributed by atoms with Crippen LogP contribution in [0.4, 0.5) is 0 Å². The Morgan fingerprint density at radius 1 is 1.35 bits per heavy atom. The lowest BCUT2D eigenvalue weighted by Gasteiger charge is -2.39. The fraction of sp³-hybridized carbons (Fsp3) is 0.750. The van der Waals surface area contributed by atoms with Crippen molar-refractivity contribution in [2.75, 3.05) is 32.9 Å². The van der Waals surface area contributed by atoms with Crippen LogP contribution in [0.25, 0.3) is 0 Å². The van der Waals surface area contributed by atoms with E-state index in [0.717, 1.165) is 13.0 Å². The Kier molecular flexibility index (Phi) is 8.91. The molecule has 0 aromatic carbocycles. The Hall–Kier alpha value is -0.960. The average molecular weight is 310 g/mol. The summed E-state index contributed by atoms with van der Waals surface area (Å²) < 4.78 is 30.5. The first-order valence-corrected chi connectivity index (χ1v) is 7.88. The number of carbonyl (C=O) groups is 1. The number of amides is 1. The Morgan fingerprint density at radius 2 is 1.85 bits per heavy atom. The first-order chi connectivity index (χ1) is 8.51. The normalized spacial score (nSPS) is 11.7. The molecule has 0 bridgehead atoms. The van der Waals surface area contributed by atoms with Crippen molar-refractivity contribution < 1.29 is 27.8 Å². The maximum absolute atomic E-state index is 12.1. The van der Waals surface area contributed by atoms with Gasteiger partial charge in [0.2, 0.25) is 0 Å². The van der Waals surface area contributed by atoms with Crippen LogP contribution in [0.1, 0.15) is 26.7 Å². The van der Waals surface area contributed by atoms with Gasteiger partial charge in [-0.15, -0.1) is 0 Å². The number of rotatable bonds is 8. The zero-order valence-corrected chi connectivity index (χ0v) is 13.5. The minimum atomic E-state index is -3.99. The second-order valence-corrected chi connectivity index (χ2v) is 6.76. The molecule has 0 unspecified atom stereocenters. The van der Waals surface area contributed by atoms with Gasteiger partial charge in [0.25, 0.3) is 16.0 Å². The van der Waals surface area contributed by atoms with Crippen LogP contribution in [0.2, 0.25) is 0 Å². The third-order valence-electron chi connectivity index (χ3n) is 2.80. The summed E-state index contributed by atoms with van der Waals surface area (Å²) in [6.07, 6.45) is 1.09. The van der Waals surface area contributed by atoms with Gasteiger partial charge in [0.05, 0.1) is 26.4 Å². The standard InChI is InChI=1S/C12H24N2O4S.H2O/c1-6-9-14(4,5)13(12(15)11(2)3)8-7-10-19(16,17)18;/h2,6-10H2,1,3-5H3;1H2. The van der Waals surface area contributed by atoms with E-state index >= 15 is 0 Å². The smallest absolute Gasteiger partial charge is 0.293 e. The predicted octanol–water partition coefficient (Wildman–Crippen LogP) is 0.894. The quantitative estimate of drug-likeness (QED) is 0.310. The molecule has 0 saturated carbocycles. The Bertz CT molecular complexity index is 431. The van der Waals surface area contributed by atoms with E-state index in [1.807, 2.05) is 21.0 Å². The van der Waals surface area contributed by atoms with E-state index in [9.17, 15) is 13.2 Å². The summed E-state index contributed by atoms with van der Waals surface area (Å²) in [5, 5.41) is 1.58. The summed E-state index contributed by atoms with van der Waals surface area (Å²) in [5.41, 5.74) is 0.411. The van der Waals surface area contributed by atoms with E-state index in [2.05, 4.69) is 6.58 Å². The van der Waals surface area contributed by atoms with Gasteiger partial charge in [-0.05, 0) is 19.8 Å². The van der Waals surface area contributed by atoms with Gasteiger partial charge in [0.15, 0.2) is 0 Å². The lowest BCUT2D eigenvalue weighted by Crippen LogP contribution is -2.58. The van der Waals surface area contributed by atoms with Crippen molar-refractivity contribution >= 4 is 16.0 Å². The molecule has 0 aromatic rings. The molecule has 8 heteroatoms. The van der Waals surface area contributed by atoms with Gasteiger partial charge in [-0.1, -0.05) is 13.5 Å². The first-order valence-electron chi connectivity index (χ1n) is 6.27. The highest BCUT2D eigenvalue weighted by atomic mass is 32.2. The Morgan fingerprint density at radius 3 is 2.20 bits per heavy atom. The zero-order chi connectivity index (χ0) is 15.3. The highest BCUT2D eigenvalue weighted by molar-refractivity contribution is 7.85. The molecule has 0 atom stereocenters. The molecule has 0 aliphatic carbocycles. The van der Waals surface area contributed by atoms with Crippen molar-refractivity contribution in [1.29, 1.82) is 0 Å². The van der Waals surface area contributed by atoms with Gasteiger partial charge in [0.1, 0.15) is 6.54 Å². The van der Waals surface area contributed by atoms with Crippen LogP contribution in [0.15, 0.2) is 12.2 Å². The van der Waals surface area contributed by atoms with E-state index in [0.29, 0.717) is 10.2 Å². The molecular weight excluding hydrogens is 284 g/mol. The van der Waals surface area contributed by atoms with Gasteiger partial charge in [-0.2, -0.15) is 13.4 Å². The maximum Gasteiger partial charge on any atom is 0.293 e. The van der Waals surface area contributed by atoms with Crippen molar-refractivity contribution in [1.82, 2.24) is 5.01 Å². The van der Waals surface area contributed by atoms with Crippen LogP contribution in [0.3, 0.4) is 0 Å². The minimum absolute atomic E-state index is 0. The molecule has 1 amide bonds. The molecule has 0 rings (SSSR count).